The molecule has 0 saturated carbocycles. The predicted molar refractivity (Wildman–Crippen MR) is 67.7 cm³/mol. The Hall–Kier alpha value is -2.08. The summed E-state index contributed by atoms with van der Waals surface area (Å²) in [6.45, 7) is 0.359. The lowest BCUT2D eigenvalue weighted by atomic mass is 10.1. The number of hydrogen-bond donors (Lipinski definition) is 2. The van der Waals surface area contributed by atoms with Gasteiger partial charge in [-0.05, 0) is 12.1 Å². The normalized spacial score (nSPS) is 10.3. The van der Waals surface area contributed by atoms with E-state index in [0.29, 0.717) is 6.54 Å². The van der Waals surface area contributed by atoms with E-state index in [1.54, 1.807) is 12.6 Å². The summed E-state index contributed by atoms with van der Waals surface area (Å²) in [5.74, 6) is -1.06. The second-order valence-electron chi connectivity index (χ2n) is 3.81. The fraction of sp³-hybridized carbons (Fsp3) is 0.167. The van der Waals surface area contributed by atoms with Crippen LogP contribution in [0.1, 0.15) is 16.1 Å². The Morgan fingerprint density at radius 2 is 2.22 bits per heavy atom. The van der Waals surface area contributed by atoms with Crippen molar-refractivity contribution in [3.63, 3.8) is 0 Å². The first kappa shape index (κ1) is 12.4. The molecule has 0 aliphatic rings. The van der Waals surface area contributed by atoms with Crippen LogP contribution in [0.3, 0.4) is 0 Å². The van der Waals surface area contributed by atoms with Gasteiger partial charge in [0, 0.05) is 12.4 Å². The number of phenols is 2. The molecule has 1 aromatic heterocycles. The van der Waals surface area contributed by atoms with Crippen molar-refractivity contribution in [1.82, 2.24) is 9.88 Å². The lowest BCUT2D eigenvalue weighted by Gasteiger charge is -2.16. The van der Waals surface area contributed by atoms with Crippen LogP contribution in [-0.4, -0.2) is 33.1 Å². The van der Waals surface area contributed by atoms with Gasteiger partial charge < -0.3 is 15.1 Å². The lowest BCUT2D eigenvalue weighted by Crippen LogP contribution is -2.26. The zero-order chi connectivity index (χ0) is 13.1. The average Bonchev–Trinajstić information content (AvgIpc) is 2.84. The Morgan fingerprint density at radius 1 is 1.44 bits per heavy atom. The first-order chi connectivity index (χ1) is 8.59. The van der Waals surface area contributed by atoms with Gasteiger partial charge in [0.2, 0.25) is 0 Å². The number of carbonyl (C=O) groups excluding carboxylic acids is 1. The number of phenolic OH excluding ortho intramolecular Hbond substituents is 2. The van der Waals surface area contributed by atoms with Gasteiger partial charge in [-0.2, -0.15) is 0 Å². The maximum atomic E-state index is 12.1. The largest absolute Gasteiger partial charge is 0.504 e. The number of amides is 1. The van der Waals surface area contributed by atoms with Crippen molar-refractivity contribution < 1.29 is 15.0 Å². The Bertz CT molecular complexity index is 554. The molecule has 1 heterocycles. The molecule has 1 amide bonds. The van der Waals surface area contributed by atoms with Crippen molar-refractivity contribution in [3.8, 4) is 11.5 Å². The van der Waals surface area contributed by atoms with Crippen molar-refractivity contribution in [2.45, 2.75) is 6.54 Å². The third-order valence-corrected chi connectivity index (χ3v) is 3.11. The monoisotopic (exact) mass is 264 g/mol. The molecule has 0 aliphatic carbocycles. The second kappa shape index (κ2) is 5.05. The average molecular weight is 264 g/mol. The van der Waals surface area contributed by atoms with E-state index in [2.05, 4.69) is 4.98 Å². The molecule has 18 heavy (non-hydrogen) atoms. The van der Waals surface area contributed by atoms with Crippen LogP contribution >= 0.6 is 11.3 Å². The van der Waals surface area contributed by atoms with Crippen LogP contribution in [0.15, 0.2) is 29.1 Å². The van der Waals surface area contributed by atoms with Crippen LogP contribution in [0.25, 0.3) is 0 Å². The molecule has 0 bridgehead atoms. The first-order valence-electron chi connectivity index (χ1n) is 5.23. The summed E-state index contributed by atoms with van der Waals surface area (Å²) in [6.07, 6.45) is 0. The minimum Gasteiger partial charge on any atom is -0.504 e. The molecule has 0 aliphatic heterocycles. The van der Waals surface area contributed by atoms with Gasteiger partial charge in [0.05, 0.1) is 23.3 Å². The molecule has 1 aromatic carbocycles. The molecule has 2 N–H and O–H groups in total. The van der Waals surface area contributed by atoms with E-state index in [1.165, 1.54) is 34.4 Å². The number of benzene rings is 1. The van der Waals surface area contributed by atoms with E-state index in [0.717, 1.165) is 5.69 Å². The van der Waals surface area contributed by atoms with Gasteiger partial charge in [-0.15, -0.1) is 11.3 Å². The molecule has 0 fully saturated rings. The summed E-state index contributed by atoms with van der Waals surface area (Å²) in [4.78, 5) is 17.6. The van der Waals surface area contributed by atoms with Gasteiger partial charge in [-0.1, -0.05) is 6.07 Å². The SMILES string of the molecule is CN(Cc1cscn1)C(=O)c1cccc(O)c1O. The van der Waals surface area contributed by atoms with Crippen LogP contribution in [0.2, 0.25) is 0 Å². The number of nitrogens with zero attached hydrogens (tertiary/aromatic N) is 2. The van der Waals surface area contributed by atoms with E-state index >= 15 is 0 Å². The third-order valence-electron chi connectivity index (χ3n) is 2.47. The Balaban J connectivity index is 2.18. The van der Waals surface area contributed by atoms with Crippen LogP contribution in [-0.2, 0) is 6.54 Å². The molecule has 94 valence electrons. The standard InChI is InChI=1S/C12H12N2O3S/c1-14(5-8-6-18-7-13-8)12(17)9-3-2-4-10(15)11(9)16/h2-4,6-7,15-16H,5H2,1H3. The highest BCUT2D eigenvalue weighted by atomic mass is 32.1. The molecule has 0 unspecified atom stereocenters. The second-order valence-corrected chi connectivity index (χ2v) is 4.53. The van der Waals surface area contributed by atoms with Crippen LogP contribution in [0.4, 0.5) is 0 Å². The highest BCUT2D eigenvalue weighted by Crippen LogP contribution is 2.29. The number of rotatable bonds is 3. The molecule has 0 atom stereocenters. The van der Waals surface area contributed by atoms with Gasteiger partial charge in [-0.25, -0.2) is 4.98 Å². The summed E-state index contributed by atoms with van der Waals surface area (Å²) in [5, 5.41) is 20.8. The number of aromatic nitrogens is 1. The van der Waals surface area contributed by atoms with Gasteiger partial charge in [0.1, 0.15) is 0 Å². The topological polar surface area (TPSA) is 73.7 Å². The smallest absolute Gasteiger partial charge is 0.257 e. The molecule has 2 rings (SSSR count). The summed E-state index contributed by atoms with van der Waals surface area (Å²) in [5.41, 5.74) is 2.56. The maximum absolute atomic E-state index is 12.1. The van der Waals surface area contributed by atoms with E-state index in [4.69, 9.17) is 0 Å². The van der Waals surface area contributed by atoms with Crippen molar-refractivity contribution in [1.29, 1.82) is 0 Å². The highest BCUT2D eigenvalue weighted by Gasteiger charge is 2.18. The number of thiazole rings is 1. The summed E-state index contributed by atoms with van der Waals surface area (Å²) < 4.78 is 0. The van der Waals surface area contributed by atoms with E-state index in [9.17, 15) is 15.0 Å². The summed E-state index contributed by atoms with van der Waals surface area (Å²) in [7, 11) is 1.62. The zero-order valence-corrected chi connectivity index (χ0v) is 10.5. The molecule has 0 saturated heterocycles. The van der Waals surface area contributed by atoms with E-state index < -0.39 is 5.75 Å². The molecule has 5 nitrogen and oxygen atoms in total. The minimum absolute atomic E-state index is 0.0766. The highest BCUT2D eigenvalue weighted by molar-refractivity contribution is 7.07. The predicted octanol–water partition coefficient (Wildman–Crippen LogP) is 1.83. The Kier molecular flexibility index (Phi) is 3.47. The molecule has 6 heteroatoms. The maximum Gasteiger partial charge on any atom is 0.257 e. The number of carbonyl (C=O) groups is 1. The number of aromatic hydroxyl groups is 2. The van der Waals surface area contributed by atoms with Crippen LogP contribution in [0.5, 0.6) is 11.5 Å². The van der Waals surface area contributed by atoms with Gasteiger partial charge in [-0.3, -0.25) is 4.79 Å². The Labute approximate surface area is 108 Å². The molecule has 0 radical (unpaired) electrons. The van der Waals surface area contributed by atoms with Crippen molar-refractivity contribution in [2.75, 3.05) is 7.05 Å². The van der Waals surface area contributed by atoms with Crippen LogP contribution in [0, 0.1) is 0 Å². The van der Waals surface area contributed by atoms with E-state index in [1.807, 2.05) is 5.38 Å². The Morgan fingerprint density at radius 3 is 2.89 bits per heavy atom. The number of hydrogen-bond acceptors (Lipinski definition) is 5. The molecular weight excluding hydrogens is 252 g/mol. The van der Waals surface area contributed by atoms with Gasteiger partial charge >= 0.3 is 0 Å². The first-order valence-corrected chi connectivity index (χ1v) is 6.17. The van der Waals surface area contributed by atoms with Crippen molar-refractivity contribution >= 4 is 17.2 Å². The zero-order valence-electron chi connectivity index (χ0n) is 9.70. The van der Waals surface area contributed by atoms with Gasteiger partial charge in [0.25, 0.3) is 5.91 Å². The van der Waals surface area contributed by atoms with Crippen LogP contribution < -0.4 is 0 Å². The van der Waals surface area contributed by atoms with Gasteiger partial charge in [0.15, 0.2) is 11.5 Å². The van der Waals surface area contributed by atoms with Crippen molar-refractivity contribution in [3.05, 3.63) is 40.3 Å². The molecular formula is C12H12N2O3S. The fourth-order valence-corrected chi connectivity index (χ4v) is 2.09. The molecule has 2 aromatic rings. The summed E-state index contributed by atoms with van der Waals surface area (Å²) >= 11 is 1.46. The quantitative estimate of drug-likeness (QED) is 0.829. The van der Waals surface area contributed by atoms with E-state index in [-0.39, 0.29) is 17.2 Å². The van der Waals surface area contributed by atoms with Crippen molar-refractivity contribution in [2.24, 2.45) is 0 Å². The lowest BCUT2D eigenvalue weighted by molar-refractivity contribution is 0.0780. The minimum atomic E-state index is -0.396. The fourth-order valence-electron chi connectivity index (χ4n) is 1.54. The molecule has 0 spiro atoms. The third kappa shape index (κ3) is 2.43. The number of para-hydroxylation sites is 1. The summed E-state index contributed by atoms with van der Waals surface area (Å²) in [6, 6.07) is 4.31.